The van der Waals surface area contributed by atoms with Crippen LogP contribution in [-0.2, 0) is 0 Å². The number of H-pyrrole nitrogens is 1. The number of piperidine rings is 1. The highest BCUT2D eigenvalue weighted by Gasteiger charge is 2.29. The molecule has 0 aliphatic carbocycles. The number of amides is 1. The number of carbonyl (C=O) groups is 1. The van der Waals surface area contributed by atoms with E-state index in [-0.39, 0.29) is 17.5 Å². The number of rotatable bonds is 6. The Bertz CT molecular complexity index is 1120. The van der Waals surface area contributed by atoms with Crippen molar-refractivity contribution in [3.63, 3.8) is 0 Å². The number of methoxy groups -OCH3 is 3. The quantitative estimate of drug-likeness (QED) is 0.635. The first-order valence-corrected chi connectivity index (χ1v) is 10.4. The molecule has 0 unspecified atom stereocenters. The average molecular weight is 438 g/mol. The second-order valence-electron chi connectivity index (χ2n) is 7.54. The molecule has 168 valence electrons. The van der Waals surface area contributed by atoms with Gasteiger partial charge in [0.25, 0.3) is 5.91 Å². The molecule has 1 N–H and O–H groups in total. The molecule has 1 aromatic heterocycles. The van der Waals surface area contributed by atoms with Crippen LogP contribution in [0.5, 0.6) is 17.2 Å². The Morgan fingerprint density at radius 2 is 1.62 bits per heavy atom. The monoisotopic (exact) mass is 438 g/mol. The van der Waals surface area contributed by atoms with E-state index < -0.39 is 0 Å². The van der Waals surface area contributed by atoms with Gasteiger partial charge in [-0.05, 0) is 37.1 Å². The standard InChI is InChI=1S/C23H26N4O5/c1-30-18-13-16(14-19(31-2)20(18)32-3)22(28)26-11-9-15(10-12-26)21-24-25-23(29)27(21)17-7-5-4-6-8-17/h4-8,13-15H,9-12H2,1-3H3,(H,25,29). The van der Waals surface area contributed by atoms with Crippen molar-refractivity contribution in [1.29, 1.82) is 0 Å². The first kappa shape index (κ1) is 21.5. The average Bonchev–Trinajstić information content (AvgIpc) is 3.24. The molecule has 9 nitrogen and oxygen atoms in total. The second kappa shape index (κ2) is 9.17. The molecule has 2 heterocycles. The fraction of sp³-hybridized carbons (Fsp3) is 0.348. The molecule has 1 aliphatic heterocycles. The van der Waals surface area contributed by atoms with Crippen molar-refractivity contribution in [1.82, 2.24) is 19.7 Å². The molecule has 3 aromatic rings. The van der Waals surface area contributed by atoms with E-state index in [1.165, 1.54) is 21.3 Å². The fourth-order valence-corrected chi connectivity index (χ4v) is 4.14. The second-order valence-corrected chi connectivity index (χ2v) is 7.54. The maximum atomic E-state index is 13.2. The lowest BCUT2D eigenvalue weighted by atomic mass is 9.95. The van der Waals surface area contributed by atoms with Crippen molar-refractivity contribution in [2.24, 2.45) is 0 Å². The van der Waals surface area contributed by atoms with Gasteiger partial charge in [-0.2, -0.15) is 5.10 Å². The van der Waals surface area contributed by atoms with Gasteiger partial charge in [-0.3, -0.25) is 4.79 Å². The largest absolute Gasteiger partial charge is 0.493 e. The number of ether oxygens (including phenoxy) is 3. The SMILES string of the molecule is COc1cc(C(=O)N2CCC(c3n[nH]c(=O)n3-c3ccccc3)CC2)cc(OC)c1OC. The lowest BCUT2D eigenvalue weighted by Crippen LogP contribution is -2.38. The number of hydrogen-bond acceptors (Lipinski definition) is 6. The lowest BCUT2D eigenvalue weighted by molar-refractivity contribution is 0.0710. The van der Waals surface area contributed by atoms with Gasteiger partial charge in [0, 0.05) is 24.6 Å². The van der Waals surface area contributed by atoms with Gasteiger partial charge in [-0.1, -0.05) is 18.2 Å². The highest BCUT2D eigenvalue weighted by atomic mass is 16.5. The number of aromatic amines is 1. The molecular weight excluding hydrogens is 412 g/mol. The molecule has 0 spiro atoms. The summed E-state index contributed by atoms with van der Waals surface area (Å²) in [4.78, 5) is 27.3. The zero-order chi connectivity index (χ0) is 22.7. The van der Waals surface area contributed by atoms with Gasteiger partial charge in [-0.15, -0.1) is 0 Å². The van der Waals surface area contributed by atoms with Crippen molar-refractivity contribution in [2.45, 2.75) is 18.8 Å². The summed E-state index contributed by atoms with van der Waals surface area (Å²) in [7, 11) is 4.57. The van der Waals surface area contributed by atoms with Crippen LogP contribution >= 0.6 is 0 Å². The predicted octanol–water partition coefficient (Wildman–Crippen LogP) is 2.61. The number of nitrogens with one attached hydrogen (secondary N) is 1. The molecule has 0 atom stereocenters. The van der Waals surface area contributed by atoms with Gasteiger partial charge in [0.2, 0.25) is 5.75 Å². The Labute approximate surface area is 185 Å². The third kappa shape index (κ3) is 3.93. The van der Waals surface area contributed by atoms with Gasteiger partial charge in [0.05, 0.1) is 27.0 Å². The van der Waals surface area contributed by atoms with E-state index in [0.29, 0.717) is 54.6 Å². The van der Waals surface area contributed by atoms with Crippen molar-refractivity contribution in [2.75, 3.05) is 34.4 Å². The van der Waals surface area contributed by atoms with Crippen LogP contribution < -0.4 is 19.9 Å². The molecule has 0 saturated carbocycles. The van der Waals surface area contributed by atoms with Crippen LogP contribution in [0.4, 0.5) is 0 Å². The van der Waals surface area contributed by atoms with Crippen LogP contribution in [0.1, 0.15) is 34.9 Å². The molecular formula is C23H26N4O5. The highest BCUT2D eigenvalue weighted by molar-refractivity contribution is 5.95. The van der Waals surface area contributed by atoms with Crippen molar-refractivity contribution < 1.29 is 19.0 Å². The number of hydrogen-bond donors (Lipinski definition) is 1. The number of benzene rings is 2. The minimum atomic E-state index is -0.262. The fourth-order valence-electron chi connectivity index (χ4n) is 4.14. The smallest absolute Gasteiger partial charge is 0.347 e. The third-order valence-electron chi connectivity index (χ3n) is 5.77. The minimum absolute atomic E-state index is 0.0677. The van der Waals surface area contributed by atoms with E-state index in [2.05, 4.69) is 10.2 Å². The molecule has 32 heavy (non-hydrogen) atoms. The summed E-state index contributed by atoms with van der Waals surface area (Å²) in [5.41, 5.74) is 0.984. The number of para-hydroxylation sites is 1. The van der Waals surface area contributed by atoms with Crippen LogP contribution in [-0.4, -0.2) is 60.0 Å². The van der Waals surface area contributed by atoms with Crippen LogP contribution in [0.15, 0.2) is 47.3 Å². The third-order valence-corrected chi connectivity index (χ3v) is 5.77. The summed E-state index contributed by atoms with van der Waals surface area (Å²) in [6, 6.07) is 12.8. The summed E-state index contributed by atoms with van der Waals surface area (Å²) < 4.78 is 17.7. The first-order chi connectivity index (χ1) is 15.6. The highest BCUT2D eigenvalue weighted by Crippen LogP contribution is 2.39. The molecule has 2 aromatic carbocycles. The van der Waals surface area contributed by atoms with Crippen LogP contribution in [0.2, 0.25) is 0 Å². The number of carbonyl (C=O) groups excluding carboxylic acids is 1. The zero-order valence-corrected chi connectivity index (χ0v) is 18.3. The molecule has 1 fully saturated rings. The number of nitrogens with zero attached hydrogens (tertiary/aromatic N) is 3. The van der Waals surface area contributed by atoms with E-state index >= 15 is 0 Å². The molecule has 1 amide bonds. The van der Waals surface area contributed by atoms with E-state index in [0.717, 1.165) is 5.69 Å². The van der Waals surface area contributed by atoms with Crippen molar-refractivity contribution in [3.8, 4) is 22.9 Å². The van der Waals surface area contributed by atoms with Crippen LogP contribution in [0, 0.1) is 0 Å². The van der Waals surface area contributed by atoms with Gasteiger partial charge in [0.1, 0.15) is 5.82 Å². The van der Waals surface area contributed by atoms with Crippen molar-refractivity contribution in [3.05, 3.63) is 64.3 Å². The summed E-state index contributed by atoms with van der Waals surface area (Å²) in [6.07, 6.45) is 1.40. The molecule has 9 heteroatoms. The maximum absolute atomic E-state index is 13.2. The zero-order valence-electron chi connectivity index (χ0n) is 18.3. The number of likely N-dealkylation sites (tertiary alicyclic amines) is 1. The Kier molecular flexibility index (Phi) is 6.16. The van der Waals surface area contributed by atoms with Gasteiger partial charge >= 0.3 is 5.69 Å². The summed E-state index contributed by atoms with van der Waals surface area (Å²) in [5.74, 6) is 1.98. The van der Waals surface area contributed by atoms with Gasteiger partial charge < -0.3 is 19.1 Å². The topological polar surface area (TPSA) is 98.7 Å². The minimum Gasteiger partial charge on any atom is -0.493 e. The molecule has 4 rings (SSSR count). The van der Waals surface area contributed by atoms with Gasteiger partial charge in [0.15, 0.2) is 11.5 Å². The van der Waals surface area contributed by atoms with E-state index in [4.69, 9.17) is 14.2 Å². The molecule has 0 bridgehead atoms. The summed E-state index contributed by atoms with van der Waals surface area (Å²) >= 11 is 0. The lowest BCUT2D eigenvalue weighted by Gasteiger charge is -2.32. The molecule has 1 aliphatic rings. The van der Waals surface area contributed by atoms with Crippen LogP contribution in [0.3, 0.4) is 0 Å². The molecule has 1 saturated heterocycles. The van der Waals surface area contributed by atoms with E-state index in [1.807, 2.05) is 30.3 Å². The van der Waals surface area contributed by atoms with Crippen molar-refractivity contribution >= 4 is 5.91 Å². The van der Waals surface area contributed by atoms with E-state index in [9.17, 15) is 9.59 Å². The summed E-state index contributed by atoms with van der Waals surface area (Å²) in [6.45, 7) is 1.10. The molecule has 0 radical (unpaired) electrons. The van der Waals surface area contributed by atoms with E-state index in [1.54, 1.807) is 21.6 Å². The Morgan fingerprint density at radius 3 is 2.19 bits per heavy atom. The predicted molar refractivity (Wildman–Crippen MR) is 118 cm³/mol. The Balaban J connectivity index is 1.52. The van der Waals surface area contributed by atoms with Crippen LogP contribution in [0.25, 0.3) is 5.69 Å². The normalized spacial score (nSPS) is 14.3. The number of aromatic nitrogens is 3. The maximum Gasteiger partial charge on any atom is 0.347 e. The summed E-state index contributed by atoms with van der Waals surface area (Å²) in [5, 5.41) is 6.85. The Morgan fingerprint density at radius 1 is 1.00 bits per heavy atom. The van der Waals surface area contributed by atoms with Gasteiger partial charge in [-0.25, -0.2) is 14.5 Å². The Hall–Kier alpha value is -3.75. The first-order valence-electron chi connectivity index (χ1n) is 10.4.